The first-order valence-corrected chi connectivity index (χ1v) is 5.73. The Kier molecular flexibility index (Phi) is 3.29. The molecule has 0 radical (unpaired) electrons. The lowest BCUT2D eigenvalue weighted by molar-refractivity contribution is 0.0528. The van der Waals surface area contributed by atoms with Crippen LogP contribution in [-0.4, -0.2) is 17.6 Å². The lowest BCUT2D eigenvalue weighted by Crippen LogP contribution is -2.06. The minimum Gasteiger partial charge on any atom is -0.462 e. The third-order valence-corrected chi connectivity index (χ3v) is 2.63. The Bertz CT molecular complexity index is 581. The maximum atomic E-state index is 11.8. The molecular weight excluding hydrogens is 238 g/mol. The van der Waals surface area contributed by atoms with Crippen LogP contribution in [0.5, 0.6) is 0 Å². The zero-order valence-corrected chi connectivity index (χ0v) is 10.4. The first-order valence-electron chi connectivity index (χ1n) is 5.36. The molecular formula is C13H12ClNO2. The lowest BCUT2D eigenvalue weighted by Gasteiger charge is -2.07. The van der Waals surface area contributed by atoms with Crippen LogP contribution in [0.1, 0.15) is 23.0 Å². The fourth-order valence-corrected chi connectivity index (χ4v) is 1.88. The highest BCUT2D eigenvalue weighted by atomic mass is 35.5. The zero-order valence-electron chi connectivity index (χ0n) is 9.66. The number of nitrogens with zero attached hydrogens (tertiary/aromatic N) is 1. The van der Waals surface area contributed by atoms with Crippen molar-refractivity contribution in [1.29, 1.82) is 0 Å². The van der Waals surface area contributed by atoms with E-state index in [1.165, 1.54) is 0 Å². The number of aryl methyl sites for hydroxylation is 1. The first kappa shape index (κ1) is 11.9. The summed E-state index contributed by atoms with van der Waals surface area (Å²) in [5.41, 5.74) is 2.04. The number of pyridine rings is 1. The van der Waals surface area contributed by atoms with E-state index in [1.807, 2.05) is 6.92 Å². The summed E-state index contributed by atoms with van der Waals surface area (Å²) >= 11 is 5.93. The molecule has 88 valence electrons. The van der Waals surface area contributed by atoms with E-state index in [4.69, 9.17) is 16.3 Å². The van der Waals surface area contributed by atoms with Gasteiger partial charge in [-0.25, -0.2) is 4.79 Å². The molecule has 1 aromatic heterocycles. The number of hydrogen-bond acceptors (Lipinski definition) is 3. The molecule has 0 spiro atoms. The van der Waals surface area contributed by atoms with Crippen molar-refractivity contribution >= 4 is 28.5 Å². The maximum Gasteiger partial charge on any atom is 0.338 e. The predicted octanol–water partition coefficient (Wildman–Crippen LogP) is 3.37. The van der Waals surface area contributed by atoms with Gasteiger partial charge in [0.25, 0.3) is 0 Å². The van der Waals surface area contributed by atoms with E-state index in [-0.39, 0.29) is 5.97 Å². The van der Waals surface area contributed by atoms with Gasteiger partial charge in [0.05, 0.1) is 17.7 Å². The lowest BCUT2D eigenvalue weighted by atomic mass is 10.1. The largest absolute Gasteiger partial charge is 0.462 e. The summed E-state index contributed by atoms with van der Waals surface area (Å²) < 4.78 is 5.02. The summed E-state index contributed by atoms with van der Waals surface area (Å²) in [4.78, 5) is 16.2. The monoisotopic (exact) mass is 249 g/mol. The van der Waals surface area contributed by atoms with Crippen molar-refractivity contribution in [3.8, 4) is 0 Å². The summed E-state index contributed by atoms with van der Waals surface area (Å²) in [6.07, 6.45) is 0. The highest BCUT2D eigenvalue weighted by Gasteiger charge is 2.13. The molecule has 4 heteroatoms. The van der Waals surface area contributed by atoms with Crippen LogP contribution in [0.3, 0.4) is 0 Å². The topological polar surface area (TPSA) is 39.2 Å². The number of benzene rings is 1. The highest BCUT2D eigenvalue weighted by Crippen LogP contribution is 2.23. The van der Waals surface area contributed by atoms with Crippen molar-refractivity contribution in [2.24, 2.45) is 0 Å². The molecule has 0 saturated heterocycles. The molecule has 0 N–H and O–H groups in total. The van der Waals surface area contributed by atoms with E-state index < -0.39 is 0 Å². The number of carbonyl (C=O) groups excluding carboxylic acids is 1. The number of aromatic nitrogens is 1. The maximum absolute atomic E-state index is 11.8. The standard InChI is InChI=1S/C13H12ClNO2/c1-3-17-13(16)11-6-8(2)15-12-5-4-9(14)7-10(11)12/h4-7H,3H2,1-2H3. The van der Waals surface area contributed by atoms with Crippen molar-refractivity contribution in [1.82, 2.24) is 4.98 Å². The molecule has 0 aliphatic carbocycles. The SMILES string of the molecule is CCOC(=O)c1cc(C)nc2ccc(Cl)cc12. The van der Waals surface area contributed by atoms with E-state index in [0.717, 1.165) is 16.6 Å². The Balaban J connectivity index is 2.67. The number of esters is 1. The highest BCUT2D eigenvalue weighted by molar-refractivity contribution is 6.31. The normalized spacial score (nSPS) is 10.5. The number of hydrogen-bond donors (Lipinski definition) is 0. The summed E-state index contributed by atoms with van der Waals surface area (Å²) in [7, 11) is 0. The molecule has 17 heavy (non-hydrogen) atoms. The Morgan fingerprint density at radius 2 is 2.18 bits per heavy atom. The predicted molar refractivity (Wildman–Crippen MR) is 67.4 cm³/mol. The van der Waals surface area contributed by atoms with E-state index in [0.29, 0.717) is 17.2 Å². The van der Waals surface area contributed by atoms with Crippen molar-refractivity contribution in [2.45, 2.75) is 13.8 Å². The average Bonchev–Trinajstić information content (AvgIpc) is 2.29. The van der Waals surface area contributed by atoms with Crippen molar-refractivity contribution in [3.05, 3.63) is 40.5 Å². The van der Waals surface area contributed by atoms with Gasteiger partial charge in [-0.05, 0) is 38.1 Å². The van der Waals surface area contributed by atoms with E-state index in [9.17, 15) is 4.79 Å². The van der Waals surface area contributed by atoms with Gasteiger partial charge in [0.1, 0.15) is 0 Å². The van der Waals surface area contributed by atoms with Crippen LogP contribution in [0.4, 0.5) is 0 Å². The summed E-state index contributed by atoms with van der Waals surface area (Å²) in [5, 5.41) is 1.30. The number of halogens is 1. The molecule has 0 bridgehead atoms. The third kappa shape index (κ3) is 2.39. The van der Waals surface area contributed by atoms with E-state index in [2.05, 4.69) is 4.98 Å². The molecule has 0 atom stereocenters. The van der Waals surface area contributed by atoms with Gasteiger partial charge in [0.2, 0.25) is 0 Å². The van der Waals surface area contributed by atoms with Gasteiger partial charge in [0, 0.05) is 16.1 Å². The van der Waals surface area contributed by atoms with Crippen LogP contribution >= 0.6 is 11.6 Å². The molecule has 0 aliphatic rings. The Morgan fingerprint density at radius 3 is 2.88 bits per heavy atom. The molecule has 2 rings (SSSR count). The molecule has 2 aromatic rings. The van der Waals surface area contributed by atoms with Gasteiger partial charge in [-0.15, -0.1) is 0 Å². The Hall–Kier alpha value is -1.61. The molecule has 1 heterocycles. The Morgan fingerprint density at radius 1 is 1.41 bits per heavy atom. The number of fused-ring (bicyclic) bond motifs is 1. The summed E-state index contributed by atoms with van der Waals surface area (Å²) in [5.74, 6) is -0.342. The van der Waals surface area contributed by atoms with Gasteiger partial charge >= 0.3 is 5.97 Å². The van der Waals surface area contributed by atoms with Gasteiger partial charge in [-0.1, -0.05) is 11.6 Å². The van der Waals surface area contributed by atoms with E-state index >= 15 is 0 Å². The van der Waals surface area contributed by atoms with Crippen LogP contribution in [0.15, 0.2) is 24.3 Å². The van der Waals surface area contributed by atoms with Gasteiger partial charge in [-0.3, -0.25) is 4.98 Å². The van der Waals surface area contributed by atoms with Crippen LogP contribution in [0.25, 0.3) is 10.9 Å². The fraction of sp³-hybridized carbons (Fsp3) is 0.231. The van der Waals surface area contributed by atoms with Crippen LogP contribution in [0.2, 0.25) is 5.02 Å². The second-order valence-electron chi connectivity index (χ2n) is 3.69. The quantitative estimate of drug-likeness (QED) is 0.766. The summed E-state index contributed by atoms with van der Waals surface area (Å²) in [6.45, 7) is 3.97. The molecule has 0 fully saturated rings. The fourth-order valence-electron chi connectivity index (χ4n) is 1.71. The Labute approximate surface area is 104 Å². The molecule has 3 nitrogen and oxygen atoms in total. The van der Waals surface area contributed by atoms with Crippen LogP contribution in [-0.2, 0) is 4.74 Å². The van der Waals surface area contributed by atoms with Crippen molar-refractivity contribution in [3.63, 3.8) is 0 Å². The second-order valence-corrected chi connectivity index (χ2v) is 4.13. The van der Waals surface area contributed by atoms with E-state index in [1.54, 1.807) is 31.2 Å². The minimum atomic E-state index is -0.342. The smallest absolute Gasteiger partial charge is 0.338 e. The molecule has 0 amide bonds. The minimum absolute atomic E-state index is 0.342. The van der Waals surface area contributed by atoms with Gasteiger partial charge in [-0.2, -0.15) is 0 Å². The third-order valence-electron chi connectivity index (χ3n) is 2.39. The average molecular weight is 250 g/mol. The van der Waals surface area contributed by atoms with Gasteiger partial charge in [0.15, 0.2) is 0 Å². The molecule has 0 unspecified atom stereocenters. The van der Waals surface area contributed by atoms with Crippen LogP contribution < -0.4 is 0 Å². The number of rotatable bonds is 2. The van der Waals surface area contributed by atoms with Crippen molar-refractivity contribution < 1.29 is 9.53 Å². The van der Waals surface area contributed by atoms with Gasteiger partial charge < -0.3 is 4.74 Å². The molecule has 0 saturated carbocycles. The van der Waals surface area contributed by atoms with Crippen molar-refractivity contribution in [2.75, 3.05) is 6.61 Å². The summed E-state index contributed by atoms with van der Waals surface area (Å²) in [6, 6.07) is 7.00. The second kappa shape index (κ2) is 4.72. The number of carbonyl (C=O) groups is 1. The van der Waals surface area contributed by atoms with Crippen LogP contribution in [0, 0.1) is 6.92 Å². The molecule has 0 aliphatic heterocycles. The zero-order chi connectivity index (χ0) is 12.4. The number of ether oxygens (including phenoxy) is 1. The molecule has 1 aromatic carbocycles. The first-order chi connectivity index (χ1) is 8.11.